The minimum Gasteiger partial charge on any atom is -0.471 e. The Morgan fingerprint density at radius 2 is 2.08 bits per heavy atom. The number of rotatable bonds is 5. The van der Waals surface area contributed by atoms with Gasteiger partial charge < -0.3 is 15.0 Å². The van der Waals surface area contributed by atoms with E-state index in [1.165, 1.54) is 0 Å². The van der Waals surface area contributed by atoms with Crippen LogP contribution in [0.25, 0.3) is 0 Å². The predicted molar refractivity (Wildman–Crippen MR) is 94.0 cm³/mol. The largest absolute Gasteiger partial charge is 0.471 e. The first-order chi connectivity index (χ1) is 12.1. The Labute approximate surface area is 146 Å². The molecule has 2 amide bonds. The molecular weight excluding hydrogens is 318 g/mol. The molecule has 3 rings (SSSR count). The summed E-state index contributed by atoms with van der Waals surface area (Å²) in [4.78, 5) is 30.1. The van der Waals surface area contributed by atoms with Crippen LogP contribution in [0.2, 0.25) is 0 Å². The minimum atomic E-state index is -0.314. The lowest BCUT2D eigenvalue weighted by Gasteiger charge is -2.28. The highest BCUT2D eigenvalue weighted by Gasteiger charge is 2.29. The third-order valence-corrected chi connectivity index (χ3v) is 4.28. The smallest absolute Gasteiger partial charge is 0.238 e. The van der Waals surface area contributed by atoms with Gasteiger partial charge >= 0.3 is 0 Å². The standard InChI is InChI=1S/C19H21N3O3/c1-22-11-9-15(12-17(22)23)18(24)21-16-8-5-10-20-19(16)25-13-14-6-3-2-4-7-14/h2-8,10,15H,9,11-13H2,1H3,(H,21,24)/t15-/m1/s1. The van der Waals surface area contributed by atoms with Crippen LogP contribution in [0, 0.1) is 5.92 Å². The molecule has 0 unspecified atom stereocenters. The van der Waals surface area contributed by atoms with Gasteiger partial charge in [0.05, 0.1) is 0 Å². The number of hydrogen-bond acceptors (Lipinski definition) is 4. The molecule has 0 saturated carbocycles. The fourth-order valence-corrected chi connectivity index (χ4v) is 2.73. The number of benzene rings is 1. The molecule has 130 valence electrons. The first kappa shape index (κ1) is 17.0. The quantitative estimate of drug-likeness (QED) is 0.908. The zero-order chi connectivity index (χ0) is 17.6. The molecule has 1 atom stereocenters. The molecule has 2 heterocycles. The number of pyridine rings is 1. The number of carbonyl (C=O) groups is 2. The van der Waals surface area contributed by atoms with Crippen LogP contribution in [-0.2, 0) is 16.2 Å². The number of piperidine rings is 1. The van der Waals surface area contributed by atoms with Crippen LogP contribution in [0.5, 0.6) is 5.88 Å². The molecule has 0 bridgehead atoms. The van der Waals surface area contributed by atoms with Gasteiger partial charge in [-0.25, -0.2) is 4.98 Å². The van der Waals surface area contributed by atoms with Crippen LogP contribution >= 0.6 is 0 Å². The van der Waals surface area contributed by atoms with Gasteiger partial charge in [0.1, 0.15) is 12.3 Å². The van der Waals surface area contributed by atoms with Gasteiger partial charge in [-0.05, 0) is 24.1 Å². The van der Waals surface area contributed by atoms with E-state index in [-0.39, 0.29) is 24.2 Å². The SMILES string of the molecule is CN1CC[C@@H](C(=O)Nc2cccnc2OCc2ccccc2)CC1=O. The Kier molecular flexibility index (Phi) is 5.28. The van der Waals surface area contributed by atoms with E-state index in [2.05, 4.69) is 10.3 Å². The molecule has 0 spiro atoms. The Balaban J connectivity index is 1.64. The number of nitrogens with zero attached hydrogens (tertiary/aromatic N) is 2. The summed E-state index contributed by atoms with van der Waals surface area (Å²) < 4.78 is 5.75. The topological polar surface area (TPSA) is 71.5 Å². The average Bonchev–Trinajstić information content (AvgIpc) is 2.64. The molecule has 0 aliphatic carbocycles. The maximum atomic E-state index is 12.5. The van der Waals surface area contributed by atoms with Crippen molar-refractivity contribution in [2.75, 3.05) is 18.9 Å². The lowest BCUT2D eigenvalue weighted by molar-refractivity contribution is -0.137. The Hall–Kier alpha value is -2.89. The lowest BCUT2D eigenvalue weighted by Crippen LogP contribution is -2.39. The van der Waals surface area contributed by atoms with Crippen LogP contribution in [0.15, 0.2) is 48.7 Å². The van der Waals surface area contributed by atoms with Gasteiger partial charge in [-0.15, -0.1) is 0 Å². The van der Waals surface area contributed by atoms with Crippen molar-refractivity contribution >= 4 is 17.5 Å². The van der Waals surface area contributed by atoms with Crippen LogP contribution in [-0.4, -0.2) is 35.3 Å². The summed E-state index contributed by atoms with van der Waals surface area (Å²) >= 11 is 0. The van der Waals surface area contributed by atoms with Crippen molar-refractivity contribution in [2.24, 2.45) is 5.92 Å². The van der Waals surface area contributed by atoms with E-state index in [0.717, 1.165) is 5.56 Å². The summed E-state index contributed by atoms with van der Waals surface area (Å²) in [5.74, 6) is -0.109. The van der Waals surface area contributed by atoms with E-state index < -0.39 is 0 Å². The van der Waals surface area contributed by atoms with Gasteiger partial charge in [0.25, 0.3) is 0 Å². The Morgan fingerprint density at radius 3 is 2.84 bits per heavy atom. The number of amides is 2. The molecule has 6 nitrogen and oxygen atoms in total. The van der Waals surface area contributed by atoms with Crippen LogP contribution < -0.4 is 10.1 Å². The number of hydrogen-bond donors (Lipinski definition) is 1. The van der Waals surface area contributed by atoms with Crippen LogP contribution in [0.3, 0.4) is 0 Å². The second kappa shape index (κ2) is 7.79. The number of carbonyl (C=O) groups excluding carboxylic acids is 2. The molecule has 0 radical (unpaired) electrons. The van der Waals surface area contributed by atoms with E-state index in [1.54, 1.807) is 30.3 Å². The summed E-state index contributed by atoms with van der Waals surface area (Å²) in [7, 11) is 1.76. The van der Waals surface area contributed by atoms with Crippen molar-refractivity contribution in [3.05, 3.63) is 54.2 Å². The van der Waals surface area contributed by atoms with Gasteiger partial charge in [-0.1, -0.05) is 30.3 Å². The third-order valence-electron chi connectivity index (χ3n) is 4.28. The predicted octanol–water partition coefficient (Wildman–Crippen LogP) is 2.47. The maximum Gasteiger partial charge on any atom is 0.238 e. The number of nitrogens with one attached hydrogen (secondary N) is 1. The van der Waals surface area contributed by atoms with Crippen LogP contribution in [0.1, 0.15) is 18.4 Å². The fourth-order valence-electron chi connectivity index (χ4n) is 2.73. The molecule has 1 aliphatic heterocycles. The fraction of sp³-hybridized carbons (Fsp3) is 0.316. The van der Waals surface area contributed by atoms with Crippen molar-refractivity contribution < 1.29 is 14.3 Å². The molecule has 25 heavy (non-hydrogen) atoms. The monoisotopic (exact) mass is 339 g/mol. The number of aromatic nitrogens is 1. The summed E-state index contributed by atoms with van der Waals surface area (Å²) in [5.41, 5.74) is 1.54. The van der Waals surface area contributed by atoms with E-state index in [1.807, 2.05) is 30.3 Å². The molecule has 1 aromatic carbocycles. The van der Waals surface area contributed by atoms with Crippen molar-refractivity contribution in [3.8, 4) is 5.88 Å². The van der Waals surface area contributed by atoms with Gasteiger partial charge in [-0.3, -0.25) is 9.59 Å². The third kappa shape index (κ3) is 4.35. The normalized spacial score (nSPS) is 17.2. The number of likely N-dealkylation sites (tertiary alicyclic amines) is 1. The molecule has 1 aromatic heterocycles. The minimum absolute atomic E-state index is 0.00172. The molecule has 1 N–H and O–H groups in total. The van der Waals surface area contributed by atoms with Crippen molar-refractivity contribution in [1.29, 1.82) is 0 Å². The molecule has 6 heteroatoms. The average molecular weight is 339 g/mol. The second-order valence-corrected chi connectivity index (χ2v) is 6.12. The zero-order valence-electron chi connectivity index (χ0n) is 14.1. The molecule has 1 fully saturated rings. The van der Waals surface area contributed by atoms with Gasteiger partial charge in [0, 0.05) is 32.1 Å². The van der Waals surface area contributed by atoms with Crippen molar-refractivity contribution in [2.45, 2.75) is 19.4 Å². The van der Waals surface area contributed by atoms with E-state index in [9.17, 15) is 9.59 Å². The molecular formula is C19H21N3O3. The first-order valence-electron chi connectivity index (χ1n) is 8.30. The number of ether oxygens (including phenoxy) is 1. The Morgan fingerprint density at radius 1 is 1.28 bits per heavy atom. The Bertz CT molecular complexity index is 749. The van der Waals surface area contributed by atoms with Gasteiger partial charge in [0.15, 0.2) is 0 Å². The van der Waals surface area contributed by atoms with E-state index in [4.69, 9.17) is 4.74 Å². The molecule has 1 aliphatic rings. The summed E-state index contributed by atoms with van der Waals surface area (Å²) in [6.07, 6.45) is 2.52. The van der Waals surface area contributed by atoms with Gasteiger partial charge in [0.2, 0.25) is 17.7 Å². The first-order valence-corrected chi connectivity index (χ1v) is 8.30. The maximum absolute atomic E-state index is 12.5. The van der Waals surface area contributed by atoms with Gasteiger partial charge in [-0.2, -0.15) is 0 Å². The molecule has 2 aromatic rings. The number of anilines is 1. The van der Waals surface area contributed by atoms with E-state index >= 15 is 0 Å². The lowest BCUT2D eigenvalue weighted by atomic mass is 9.95. The summed E-state index contributed by atoms with van der Waals surface area (Å²) in [5, 5.41) is 2.85. The summed E-state index contributed by atoms with van der Waals surface area (Å²) in [6, 6.07) is 13.2. The van der Waals surface area contributed by atoms with Crippen LogP contribution in [0.4, 0.5) is 5.69 Å². The highest BCUT2D eigenvalue weighted by Crippen LogP contribution is 2.25. The second-order valence-electron chi connectivity index (χ2n) is 6.12. The van der Waals surface area contributed by atoms with Crippen molar-refractivity contribution in [1.82, 2.24) is 9.88 Å². The van der Waals surface area contributed by atoms with Crippen molar-refractivity contribution in [3.63, 3.8) is 0 Å². The van der Waals surface area contributed by atoms with E-state index in [0.29, 0.717) is 31.1 Å². The summed E-state index contributed by atoms with van der Waals surface area (Å²) in [6.45, 7) is 0.967. The highest BCUT2D eigenvalue weighted by atomic mass is 16.5. The zero-order valence-corrected chi connectivity index (χ0v) is 14.1. The highest BCUT2D eigenvalue weighted by molar-refractivity contribution is 5.96. The molecule has 1 saturated heterocycles.